The second kappa shape index (κ2) is 15.6. The smallest absolute Gasteiger partial charge is 0.290 e. The van der Waals surface area contributed by atoms with E-state index in [2.05, 4.69) is 40.5 Å². The van der Waals surface area contributed by atoms with E-state index in [0.717, 1.165) is 33.8 Å². The predicted molar refractivity (Wildman–Crippen MR) is 152 cm³/mol. The molecule has 0 saturated heterocycles. The van der Waals surface area contributed by atoms with Crippen LogP contribution >= 0.6 is 11.3 Å². The Bertz CT molecular complexity index is 1240. The van der Waals surface area contributed by atoms with Gasteiger partial charge in [0.15, 0.2) is 0 Å². The quantitative estimate of drug-likeness (QED) is 0.160. The summed E-state index contributed by atoms with van der Waals surface area (Å²) in [5.74, 6) is 0.927. The summed E-state index contributed by atoms with van der Waals surface area (Å²) in [6.07, 6.45) is 4.59. The van der Waals surface area contributed by atoms with Gasteiger partial charge in [0.25, 0.3) is 12.2 Å². The highest BCUT2D eigenvalue weighted by Gasteiger charge is 2.38. The van der Waals surface area contributed by atoms with Crippen LogP contribution in [-0.2, 0) is 9.53 Å². The molecule has 5 rings (SSSR count). The molecule has 2 aromatic heterocycles. The lowest BCUT2D eigenvalue weighted by Gasteiger charge is -2.10. The van der Waals surface area contributed by atoms with Crippen LogP contribution in [0.15, 0.2) is 54.7 Å². The molecule has 2 heterocycles. The fraction of sp³-hybridized carbons (Fsp3) is 0.393. The molecule has 1 aliphatic carbocycles. The molecule has 1 N–H and O–H groups in total. The van der Waals surface area contributed by atoms with Gasteiger partial charge in [-0.2, -0.15) is 0 Å². The van der Waals surface area contributed by atoms with E-state index in [1.165, 1.54) is 17.5 Å². The van der Waals surface area contributed by atoms with Crippen LogP contribution in [0.3, 0.4) is 0 Å². The van der Waals surface area contributed by atoms with Crippen LogP contribution in [0.25, 0.3) is 26.2 Å². The van der Waals surface area contributed by atoms with Gasteiger partial charge in [-0.25, -0.2) is 0 Å². The molecule has 0 radical (unpaired) electrons. The summed E-state index contributed by atoms with van der Waals surface area (Å²) in [6.45, 7) is 10.8. The number of aromatic nitrogens is 1. The van der Waals surface area contributed by atoms with Crippen molar-refractivity contribution in [3.8, 4) is 16.9 Å². The highest BCUT2D eigenvalue weighted by atomic mass is 32.1. The Morgan fingerprint density at radius 2 is 1.62 bits per heavy atom. The van der Waals surface area contributed by atoms with Gasteiger partial charge < -0.3 is 19.0 Å². The number of nitrogens with zero attached hydrogens (tertiary/aromatic N) is 2. The van der Waals surface area contributed by atoms with E-state index in [9.17, 15) is 10.1 Å². The van der Waals surface area contributed by atoms with Crippen molar-refractivity contribution in [3.05, 3.63) is 64.8 Å². The van der Waals surface area contributed by atoms with Gasteiger partial charge in [-0.1, -0.05) is 34.6 Å². The van der Waals surface area contributed by atoms with Gasteiger partial charge in [0.2, 0.25) is 0 Å². The molecule has 8 nitrogen and oxygen atoms in total. The third-order valence-electron chi connectivity index (χ3n) is 5.29. The number of nitro benzene ring substituents is 1. The Balaban J connectivity index is 0.000000606. The molecule has 0 atom stereocenters. The van der Waals surface area contributed by atoms with Crippen LogP contribution in [0.2, 0.25) is 0 Å². The van der Waals surface area contributed by atoms with Crippen LogP contribution < -0.4 is 4.74 Å². The molecule has 1 aliphatic rings. The second-order valence-corrected chi connectivity index (χ2v) is 9.15. The zero-order valence-electron chi connectivity index (χ0n) is 22.7. The fourth-order valence-electron chi connectivity index (χ4n) is 3.24. The SMILES string of the molecule is CC.CC.CC1(COc2ccc3c(c2)sc2cc(-c4ccc([N+](=O)[O-])cc4)cn23)CC1.COC.O=CO. The zero-order chi connectivity index (χ0) is 28.0. The van der Waals surface area contributed by atoms with Crippen molar-refractivity contribution < 1.29 is 24.3 Å². The first-order valence-corrected chi connectivity index (χ1v) is 13.1. The fourth-order valence-corrected chi connectivity index (χ4v) is 4.34. The third kappa shape index (κ3) is 8.87. The summed E-state index contributed by atoms with van der Waals surface area (Å²) in [7, 11) is 3.25. The van der Waals surface area contributed by atoms with E-state index in [0.29, 0.717) is 5.41 Å². The number of nitro groups is 1. The van der Waals surface area contributed by atoms with Crippen molar-refractivity contribution in [1.29, 1.82) is 0 Å². The maximum absolute atomic E-state index is 10.8. The third-order valence-corrected chi connectivity index (χ3v) is 6.36. The number of hydrogen-bond acceptors (Lipinski definition) is 6. The Kier molecular flexibility index (Phi) is 13.4. The summed E-state index contributed by atoms with van der Waals surface area (Å²) in [5, 5.41) is 17.7. The van der Waals surface area contributed by atoms with E-state index < -0.39 is 0 Å². The number of thiazole rings is 1. The van der Waals surface area contributed by atoms with Gasteiger partial charge in [0.1, 0.15) is 10.6 Å². The minimum atomic E-state index is -0.376. The number of ether oxygens (including phenoxy) is 2. The molecule has 0 spiro atoms. The molecule has 1 saturated carbocycles. The first-order valence-electron chi connectivity index (χ1n) is 12.2. The molecule has 1 fully saturated rings. The van der Waals surface area contributed by atoms with Crippen LogP contribution in [0.1, 0.15) is 47.5 Å². The lowest BCUT2D eigenvalue weighted by Crippen LogP contribution is -2.08. The molecule has 0 aliphatic heterocycles. The van der Waals surface area contributed by atoms with Gasteiger partial charge in [-0.3, -0.25) is 14.9 Å². The van der Waals surface area contributed by atoms with E-state index in [1.54, 1.807) is 49.8 Å². The van der Waals surface area contributed by atoms with Crippen molar-refractivity contribution in [2.75, 3.05) is 20.8 Å². The molecular formula is C28H38N2O6S. The van der Waals surface area contributed by atoms with Crippen LogP contribution in [-0.4, -0.2) is 41.7 Å². The Labute approximate surface area is 222 Å². The number of methoxy groups -OCH3 is 1. The number of non-ortho nitro benzene ring substituents is 1. The summed E-state index contributed by atoms with van der Waals surface area (Å²) < 4.78 is 13.6. The van der Waals surface area contributed by atoms with E-state index in [-0.39, 0.29) is 17.1 Å². The molecule has 202 valence electrons. The molecule has 0 bridgehead atoms. The Hall–Kier alpha value is -3.43. The Morgan fingerprint density at radius 3 is 2.14 bits per heavy atom. The van der Waals surface area contributed by atoms with Crippen molar-refractivity contribution in [2.24, 2.45) is 5.41 Å². The van der Waals surface area contributed by atoms with E-state index in [1.807, 2.05) is 33.8 Å². The van der Waals surface area contributed by atoms with Gasteiger partial charge in [0.05, 0.1) is 21.7 Å². The van der Waals surface area contributed by atoms with Crippen LogP contribution in [0.4, 0.5) is 5.69 Å². The Morgan fingerprint density at radius 1 is 1.05 bits per heavy atom. The lowest BCUT2D eigenvalue weighted by molar-refractivity contribution is -0.384. The zero-order valence-corrected chi connectivity index (χ0v) is 23.5. The first-order chi connectivity index (χ1) is 17.8. The summed E-state index contributed by atoms with van der Waals surface area (Å²) in [5.41, 5.74) is 3.66. The number of fused-ring (bicyclic) bond motifs is 3. The maximum atomic E-state index is 10.8. The monoisotopic (exact) mass is 530 g/mol. The van der Waals surface area contributed by atoms with E-state index >= 15 is 0 Å². The van der Waals surface area contributed by atoms with Crippen molar-refractivity contribution in [2.45, 2.75) is 47.5 Å². The number of hydrogen-bond donors (Lipinski definition) is 1. The molecule has 4 aromatic rings. The van der Waals surface area contributed by atoms with Crippen LogP contribution in [0, 0.1) is 15.5 Å². The predicted octanol–water partition coefficient (Wildman–Crippen LogP) is 7.92. The normalized spacial score (nSPS) is 12.3. The number of carboxylic acid groups (broad SMARTS) is 1. The summed E-state index contributed by atoms with van der Waals surface area (Å²) in [4.78, 5) is 19.9. The number of benzene rings is 2. The second-order valence-electron chi connectivity index (χ2n) is 8.09. The number of carbonyl (C=O) groups is 1. The molecule has 0 unspecified atom stereocenters. The lowest BCUT2D eigenvalue weighted by atomic mass is 10.1. The van der Waals surface area contributed by atoms with Gasteiger partial charge in [-0.15, -0.1) is 11.3 Å². The average Bonchev–Trinajstić information content (AvgIpc) is 3.35. The van der Waals surface area contributed by atoms with Crippen molar-refractivity contribution in [1.82, 2.24) is 4.40 Å². The molecular weight excluding hydrogens is 492 g/mol. The van der Waals surface area contributed by atoms with Gasteiger partial charge >= 0.3 is 0 Å². The van der Waals surface area contributed by atoms with Crippen LogP contribution in [0.5, 0.6) is 5.75 Å². The summed E-state index contributed by atoms with van der Waals surface area (Å²) in [6, 6.07) is 15.1. The maximum Gasteiger partial charge on any atom is 0.290 e. The van der Waals surface area contributed by atoms with Gasteiger partial charge in [0, 0.05) is 43.5 Å². The summed E-state index contributed by atoms with van der Waals surface area (Å²) >= 11 is 1.72. The largest absolute Gasteiger partial charge is 0.493 e. The first kappa shape index (κ1) is 31.6. The minimum absolute atomic E-state index is 0.109. The molecule has 9 heteroatoms. The highest BCUT2D eigenvalue weighted by molar-refractivity contribution is 7.24. The molecule has 0 amide bonds. The average molecular weight is 531 g/mol. The molecule has 37 heavy (non-hydrogen) atoms. The van der Waals surface area contributed by atoms with E-state index in [4.69, 9.17) is 14.6 Å². The van der Waals surface area contributed by atoms with Crippen molar-refractivity contribution >= 4 is 38.5 Å². The van der Waals surface area contributed by atoms with Crippen molar-refractivity contribution in [3.63, 3.8) is 0 Å². The topological polar surface area (TPSA) is 103 Å². The number of rotatable bonds is 5. The standard InChI is InChI=1S/C21H18N2O3S.C2H6O.2C2H6.CH2O2/c1-21(8-9-21)13-26-17-6-7-18-19(11-17)27-20-10-15(12-22(18)20)14-2-4-16(5-3-14)23(24)25;1-3-2;2*1-2;2-1-3/h2-7,10-12H,8-9,13H2,1H3;1-2H3;2*1-2H3;1H,(H,2,3). The minimum Gasteiger partial charge on any atom is -0.493 e. The highest BCUT2D eigenvalue weighted by Crippen LogP contribution is 2.45. The molecule has 2 aromatic carbocycles. The van der Waals surface area contributed by atoms with Gasteiger partial charge in [-0.05, 0) is 54.8 Å².